The summed E-state index contributed by atoms with van der Waals surface area (Å²) in [6.45, 7) is 2.49. The zero-order valence-corrected chi connectivity index (χ0v) is 10.1. The molecular formula is C12H26N2. The van der Waals surface area contributed by atoms with Crippen LogP contribution in [0.4, 0.5) is 0 Å². The van der Waals surface area contributed by atoms with Crippen molar-refractivity contribution < 1.29 is 0 Å². The molecule has 2 nitrogen and oxygen atoms in total. The first-order valence-corrected chi connectivity index (χ1v) is 6.05. The van der Waals surface area contributed by atoms with E-state index in [2.05, 4.69) is 30.9 Å². The Balaban J connectivity index is 2.10. The average molecular weight is 198 g/mol. The quantitative estimate of drug-likeness (QED) is 0.668. The van der Waals surface area contributed by atoms with Gasteiger partial charge in [0, 0.05) is 6.04 Å². The van der Waals surface area contributed by atoms with Crippen LogP contribution in [-0.2, 0) is 0 Å². The van der Waals surface area contributed by atoms with Crippen LogP contribution in [0.1, 0.15) is 38.5 Å². The molecule has 1 aliphatic rings. The fourth-order valence-electron chi connectivity index (χ4n) is 2.34. The molecule has 0 unspecified atom stereocenters. The third-order valence-electron chi connectivity index (χ3n) is 3.31. The lowest BCUT2D eigenvalue weighted by Gasteiger charge is -2.31. The second kappa shape index (κ2) is 6.41. The van der Waals surface area contributed by atoms with Crippen LogP contribution in [0, 0.1) is 0 Å². The lowest BCUT2D eigenvalue weighted by atomic mass is 9.94. The summed E-state index contributed by atoms with van der Waals surface area (Å²) in [4.78, 5) is 4.84. The van der Waals surface area contributed by atoms with Crippen molar-refractivity contribution in [1.29, 1.82) is 0 Å². The van der Waals surface area contributed by atoms with Crippen molar-refractivity contribution in [2.75, 3.05) is 34.2 Å². The monoisotopic (exact) mass is 198 g/mol. The maximum absolute atomic E-state index is 2.57. The van der Waals surface area contributed by atoms with E-state index in [-0.39, 0.29) is 0 Å². The molecule has 1 fully saturated rings. The molecule has 0 saturated heterocycles. The highest BCUT2D eigenvalue weighted by Crippen LogP contribution is 2.21. The number of rotatable bonds is 5. The summed E-state index contributed by atoms with van der Waals surface area (Å²) in [5, 5.41) is 0. The summed E-state index contributed by atoms with van der Waals surface area (Å²) in [6.07, 6.45) is 8.52. The van der Waals surface area contributed by atoms with Gasteiger partial charge in [-0.3, -0.25) is 0 Å². The van der Waals surface area contributed by atoms with Gasteiger partial charge in [-0.05, 0) is 53.5 Å². The summed E-state index contributed by atoms with van der Waals surface area (Å²) < 4.78 is 0. The average Bonchev–Trinajstić information content (AvgIpc) is 2.18. The first kappa shape index (κ1) is 12.0. The van der Waals surface area contributed by atoms with E-state index < -0.39 is 0 Å². The minimum Gasteiger partial charge on any atom is -0.309 e. The molecule has 1 aliphatic carbocycles. The lowest BCUT2D eigenvalue weighted by Crippen LogP contribution is -2.35. The van der Waals surface area contributed by atoms with Gasteiger partial charge in [0.25, 0.3) is 0 Å². The fraction of sp³-hybridized carbons (Fsp3) is 1.00. The predicted molar refractivity (Wildman–Crippen MR) is 62.7 cm³/mol. The molecule has 0 N–H and O–H groups in total. The van der Waals surface area contributed by atoms with Crippen LogP contribution in [0.3, 0.4) is 0 Å². The normalized spacial score (nSPS) is 19.5. The first-order chi connectivity index (χ1) is 6.70. The largest absolute Gasteiger partial charge is 0.309 e. The van der Waals surface area contributed by atoms with Gasteiger partial charge in [-0.15, -0.1) is 0 Å². The molecular weight excluding hydrogens is 172 g/mol. The maximum Gasteiger partial charge on any atom is 0.00922 e. The highest BCUT2D eigenvalue weighted by molar-refractivity contribution is 4.73. The van der Waals surface area contributed by atoms with Crippen molar-refractivity contribution in [1.82, 2.24) is 9.80 Å². The Bertz CT molecular complexity index is 139. The third-order valence-corrected chi connectivity index (χ3v) is 3.31. The molecule has 84 valence electrons. The Hall–Kier alpha value is -0.0800. The van der Waals surface area contributed by atoms with Crippen molar-refractivity contribution >= 4 is 0 Å². The SMILES string of the molecule is CN(C)CCCN(C)C1CCCCC1. The summed E-state index contributed by atoms with van der Waals surface area (Å²) in [5.41, 5.74) is 0. The van der Waals surface area contributed by atoms with Gasteiger partial charge in [-0.1, -0.05) is 19.3 Å². The summed E-state index contributed by atoms with van der Waals surface area (Å²) in [5.74, 6) is 0. The number of hydrogen-bond acceptors (Lipinski definition) is 2. The van der Waals surface area contributed by atoms with Gasteiger partial charge >= 0.3 is 0 Å². The Morgan fingerprint density at radius 2 is 1.57 bits per heavy atom. The molecule has 0 radical (unpaired) electrons. The minimum absolute atomic E-state index is 0.880. The van der Waals surface area contributed by atoms with Gasteiger partial charge in [-0.2, -0.15) is 0 Å². The molecule has 0 aromatic heterocycles. The Kier molecular flexibility index (Phi) is 5.49. The van der Waals surface area contributed by atoms with Crippen LogP contribution in [0.2, 0.25) is 0 Å². The standard InChI is InChI=1S/C12H26N2/c1-13(2)10-7-11-14(3)12-8-5-4-6-9-12/h12H,4-11H2,1-3H3. The van der Waals surface area contributed by atoms with E-state index in [1.807, 2.05) is 0 Å². The van der Waals surface area contributed by atoms with E-state index in [1.165, 1.54) is 51.6 Å². The second-order valence-electron chi connectivity index (χ2n) is 4.93. The van der Waals surface area contributed by atoms with Crippen LogP contribution >= 0.6 is 0 Å². The summed E-state index contributed by atoms with van der Waals surface area (Å²) >= 11 is 0. The van der Waals surface area contributed by atoms with E-state index in [4.69, 9.17) is 0 Å². The van der Waals surface area contributed by atoms with Crippen molar-refractivity contribution in [3.8, 4) is 0 Å². The lowest BCUT2D eigenvalue weighted by molar-refractivity contribution is 0.184. The molecule has 0 aromatic rings. The van der Waals surface area contributed by atoms with Crippen molar-refractivity contribution in [3.05, 3.63) is 0 Å². The topological polar surface area (TPSA) is 6.48 Å². The smallest absolute Gasteiger partial charge is 0.00922 e. The van der Waals surface area contributed by atoms with Gasteiger partial charge in [0.15, 0.2) is 0 Å². The number of hydrogen-bond donors (Lipinski definition) is 0. The van der Waals surface area contributed by atoms with Gasteiger partial charge in [0.2, 0.25) is 0 Å². The van der Waals surface area contributed by atoms with Gasteiger partial charge in [0.05, 0.1) is 0 Å². The van der Waals surface area contributed by atoms with Crippen LogP contribution < -0.4 is 0 Å². The van der Waals surface area contributed by atoms with E-state index in [9.17, 15) is 0 Å². The predicted octanol–water partition coefficient (Wildman–Crippen LogP) is 2.20. The van der Waals surface area contributed by atoms with Gasteiger partial charge < -0.3 is 9.80 Å². The minimum atomic E-state index is 0.880. The van der Waals surface area contributed by atoms with Crippen LogP contribution in [-0.4, -0.2) is 50.1 Å². The van der Waals surface area contributed by atoms with Crippen LogP contribution in [0.15, 0.2) is 0 Å². The van der Waals surface area contributed by atoms with E-state index in [0.29, 0.717) is 0 Å². The fourth-order valence-corrected chi connectivity index (χ4v) is 2.34. The van der Waals surface area contributed by atoms with Gasteiger partial charge in [-0.25, -0.2) is 0 Å². The third kappa shape index (κ3) is 4.43. The molecule has 0 atom stereocenters. The van der Waals surface area contributed by atoms with Crippen molar-refractivity contribution in [2.45, 2.75) is 44.6 Å². The molecule has 2 heteroatoms. The maximum atomic E-state index is 2.57. The molecule has 1 rings (SSSR count). The molecule has 0 amide bonds. The van der Waals surface area contributed by atoms with E-state index >= 15 is 0 Å². The summed E-state index contributed by atoms with van der Waals surface area (Å²) in [6, 6.07) is 0.880. The molecule has 1 saturated carbocycles. The first-order valence-electron chi connectivity index (χ1n) is 6.05. The highest BCUT2D eigenvalue weighted by Gasteiger charge is 2.17. The summed E-state index contributed by atoms with van der Waals surface area (Å²) in [7, 11) is 6.60. The Labute approximate surface area is 89.3 Å². The van der Waals surface area contributed by atoms with Gasteiger partial charge in [0.1, 0.15) is 0 Å². The zero-order chi connectivity index (χ0) is 10.4. The molecule has 0 aliphatic heterocycles. The second-order valence-corrected chi connectivity index (χ2v) is 4.93. The molecule has 0 bridgehead atoms. The van der Waals surface area contributed by atoms with Crippen LogP contribution in [0.25, 0.3) is 0 Å². The van der Waals surface area contributed by atoms with Crippen molar-refractivity contribution in [3.63, 3.8) is 0 Å². The molecule has 0 aromatic carbocycles. The highest BCUT2D eigenvalue weighted by atomic mass is 15.1. The van der Waals surface area contributed by atoms with Crippen molar-refractivity contribution in [2.24, 2.45) is 0 Å². The van der Waals surface area contributed by atoms with E-state index in [1.54, 1.807) is 0 Å². The molecule has 0 heterocycles. The van der Waals surface area contributed by atoms with E-state index in [0.717, 1.165) is 6.04 Å². The van der Waals surface area contributed by atoms with Crippen LogP contribution in [0.5, 0.6) is 0 Å². The number of nitrogens with zero attached hydrogens (tertiary/aromatic N) is 2. The molecule has 14 heavy (non-hydrogen) atoms. The molecule has 0 spiro atoms. The Morgan fingerprint density at radius 1 is 0.929 bits per heavy atom. The zero-order valence-electron chi connectivity index (χ0n) is 10.1. The Morgan fingerprint density at radius 3 is 2.14 bits per heavy atom.